The summed E-state index contributed by atoms with van der Waals surface area (Å²) in [5.41, 5.74) is 1.40. The highest BCUT2D eigenvalue weighted by Crippen LogP contribution is 2.19. The van der Waals surface area contributed by atoms with Gasteiger partial charge in [0, 0.05) is 35.9 Å². The van der Waals surface area contributed by atoms with Crippen LogP contribution < -0.4 is 10.6 Å². The standard InChI is InChI=1S/C11H18N6OS/c1-7(4-5-19(3)18)15-10-8-9(14-6-13-8)16-11(12-2)17-10/h6-7H,4-5H2,1-3H3,(H3,12,13,14,15,16,17). The highest BCUT2D eigenvalue weighted by molar-refractivity contribution is 7.84. The van der Waals surface area contributed by atoms with Gasteiger partial charge >= 0.3 is 0 Å². The van der Waals surface area contributed by atoms with Crippen molar-refractivity contribution in [2.45, 2.75) is 19.4 Å². The average Bonchev–Trinajstić information content (AvgIpc) is 2.84. The number of aromatic amines is 1. The Labute approximate surface area is 114 Å². The summed E-state index contributed by atoms with van der Waals surface area (Å²) in [5.74, 6) is 1.90. The molecule has 0 aliphatic rings. The van der Waals surface area contributed by atoms with Gasteiger partial charge in [0.1, 0.15) is 5.52 Å². The fourth-order valence-electron chi connectivity index (χ4n) is 1.70. The minimum Gasteiger partial charge on any atom is -0.366 e. The summed E-state index contributed by atoms with van der Waals surface area (Å²) < 4.78 is 11.1. The molecule has 2 unspecified atom stereocenters. The van der Waals surface area contributed by atoms with Crippen LogP contribution in [0.3, 0.4) is 0 Å². The van der Waals surface area contributed by atoms with Crippen LogP contribution in [0.5, 0.6) is 0 Å². The van der Waals surface area contributed by atoms with Crippen molar-refractivity contribution in [3.8, 4) is 0 Å². The molecule has 0 spiro atoms. The molecule has 0 radical (unpaired) electrons. The molecule has 0 saturated heterocycles. The molecule has 7 nitrogen and oxygen atoms in total. The Balaban J connectivity index is 2.18. The fourth-order valence-corrected chi connectivity index (χ4v) is 2.38. The molecule has 2 heterocycles. The van der Waals surface area contributed by atoms with Crippen molar-refractivity contribution in [2.24, 2.45) is 0 Å². The van der Waals surface area contributed by atoms with Gasteiger partial charge in [0.25, 0.3) is 0 Å². The van der Waals surface area contributed by atoms with Gasteiger partial charge in [0.15, 0.2) is 11.5 Å². The van der Waals surface area contributed by atoms with E-state index < -0.39 is 10.8 Å². The van der Waals surface area contributed by atoms with Crippen LogP contribution in [0, 0.1) is 0 Å². The number of rotatable bonds is 6. The van der Waals surface area contributed by atoms with Gasteiger partial charge in [0.05, 0.1) is 6.33 Å². The highest BCUT2D eigenvalue weighted by atomic mass is 32.2. The summed E-state index contributed by atoms with van der Waals surface area (Å²) in [6, 6.07) is 0.176. The van der Waals surface area contributed by atoms with Crippen molar-refractivity contribution in [1.29, 1.82) is 0 Å². The molecule has 3 N–H and O–H groups in total. The summed E-state index contributed by atoms with van der Waals surface area (Å²) in [5, 5.41) is 6.21. The summed E-state index contributed by atoms with van der Waals surface area (Å²) in [6.45, 7) is 2.04. The minimum absolute atomic E-state index is 0.176. The Bertz CT molecular complexity index is 584. The lowest BCUT2D eigenvalue weighted by Gasteiger charge is -2.14. The summed E-state index contributed by atoms with van der Waals surface area (Å²) in [6.07, 6.45) is 4.12. The fraction of sp³-hybridized carbons (Fsp3) is 0.545. The van der Waals surface area contributed by atoms with Gasteiger partial charge in [-0.3, -0.25) is 4.21 Å². The molecule has 2 aromatic rings. The summed E-state index contributed by atoms with van der Waals surface area (Å²) >= 11 is 0. The lowest BCUT2D eigenvalue weighted by atomic mass is 10.2. The number of nitrogens with one attached hydrogen (secondary N) is 3. The molecule has 2 atom stereocenters. The van der Waals surface area contributed by atoms with Crippen molar-refractivity contribution in [3.63, 3.8) is 0 Å². The molecule has 2 rings (SSSR count). The first-order chi connectivity index (χ1) is 9.10. The molecular weight excluding hydrogens is 264 g/mol. The lowest BCUT2D eigenvalue weighted by molar-refractivity contribution is 0.678. The number of hydrogen-bond acceptors (Lipinski definition) is 6. The van der Waals surface area contributed by atoms with Crippen LogP contribution >= 0.6 is 0 Å². The van der Waals surface area contributed by atoms with Crippen LogP contribution in [0.1, 0.15) is 13.3 Å². The van der Waals surface area contributed by atoms with Crippen molar-refractivity contribution >= 4 is 33.7 Å². The number of H-pyrrole nitrogens is 1. The first-order valence-electron chi connectivity index (χ1n) is 6.05. The van der Waals surface area contributed by atoms with Gasteiger partial charge in [-0.25, -0.2) is 4.98 Å². The van der Waals surface area contributed by atoms with Crippen LogP contribution in [0.4, 0.5) is 11.8 Å². The maximum absolute atomic E-state index is 11.1. The number of hydrogen-bond donors (Lipinski definition) is 3. The Morgan fingerprint density at radius 3 is 2.95 bits per heavy atom. The van der Waals surface area contributed by atoms with Gasteiger partial charge in [-0.2, -0.15) is 9.97 Å². The van der Waals surface area contributed by atoms with E-state index in [1.165, 1.54) is 0 Å². The molecule has 0 aliphatic carbocycles. The van der Waals surface area contributed by atoms with Crippen molar-refractivity contribution < 1.29 is 4.21 Å². The zero-order valence-electron chi connectivity index (χ0n) is 11.2. The summed E-state index contributed by atoms with van der Waals surface area (Å²) in [7, 11) is 0.990. The third kappa shape index (κ3) is 3.40. The third-order valence-corrected chi connectivity index (χ3v) is 3.54. The first kappa shape index (κ1) is 13.7. The SMILES string of the molecule is CNc1nc(NC(C)CCS(C)=O)c2[nH]cnc2n1. The lowest BCUT2D eigenvalue weighted by Crippen LogP contribution is -2.19. The van der Waals surface area contributed by atoms with Crippen LogP contribution in [0.15, 0.2) is 6.33 Å². The molecular formula is C11H18N6OS. The largest absolute Gasteiger partial charge is 0.366 e. The van der Waals surface area contributed by atoms with E-state index in [4.69, 9.17) is 0 Å². The molecule has 104 valence electrons. The normalized spacial score (nSPS) is 14.3. The van der Waals surface area contributed by atoms with Gasteiger partial charge in [-0.1, -0.05) is 0 Å². The molecule has 19 heavy (non-hydrogen) atoms. The van der Waals surface area contributed by atoms with E-state index in [0.29, 0.717) is 23.2 Å². The Morgan fingerprint density at radius 1 is 1.47 bits per heavy atom. The second-order valence-electron chi connectivity index (χ2n) is 4.36. The molecule has 2 aromatic heterocycles. The van der Waals surface area contributed by atoms with Gasteiger partial charge in [-0.05, 0) is 13.3 Å². The van der Waals surface area contributed by atoms with E-state index in [0.717, 1.165) is 11.9 Å². The quantitative estimate of drug-likeness (QED) is 0.730. The zero-order chi connectivity index (χ0) is 13.8. The monoisotopic (exact) mass is 282 g/mol. The smallest absolute Gasteiger partial charge is 0.226 e. The number of nitrogens with zero attached hydrogens (tertiary/aromatic N) is 3. The number of anilines is 2. The molecule has 0 amide bonds. The van der Waals surface area contributed by atoms with E-state index >= 15 is 0 Å². The van der Waals surface area contributed by atoms with Gasteiger partial charge < -0.3 is 15.6 Å². The van der Waals surface area contributed by atoms with Crippen molar-refractivity contribution in [1.82, 2.24) is 19.9 Å². The number of aromatic nitrogens is 4. The average molecular weight is 282 g/mol. The minimum atomic E-state index is -0.775. The van der Waals surface area contributed by atoms with E-state index in [1.807, 2.05) is 6.92 Å². The van der Waals surface area contributed by atoms with Crippen molar-refractivity contribution in [3.05, 3.63) is 6.33 Å². The molecule has 0 fully saturated rings. The molecule has 8 heteroatoms. The van der Waals surface area contributed by atoms with Crippen LogP contribution in [-0.4, -0.2) is 49.2 Å². The second kappa shape index (κ2) is 5.96. The van der Waals surface area contributed by atoms with Crippen LogP contribution in [0.25, 0.3) is 11.2 Å². The predicted molar refractivity (Wildman–Crippen MR) is 77.9 cm³/mol. The van der Waals surface area contributed by atoms with Crippen LogP contribution in [-0.2, 0) is 10.8 Å². The maximum Gasteiger partial charge on any atom is 0.226 e. The number of fused-ring (bicyclic) bond motifs is 1. The van der Waals surface area contributed by atoms with Gasteiger partial charge in [-0.15, -0.1) is 0 Å². The van der Waals surface area contributed by atoms with Crippen LogP contribution in [0.2, 0.25) is 0 Å². The molecule has 0 bridgehead atoms. The maximum atomic E-state index is 11.1. The molecule has 0 aliphatic heterocycles. The zero-order valence-corrected chi connectivity index (χ0v) is 12.0. The highest BCUT2D eigenvalue weighted by Gasteiger charge is 2.11. The van der Waals surface area contributed by atoms with Crippen molar-refractivity contribution in [2.75, 3.05) is 29.7 Å². The van der Waals surface area contributed by atoms with E-state index in [9.17, 15) is 4.21 Å². The Kier molecular flexibility index (Phi) is 4.31. The predicted octanol–water partition coefficient (Wildman–Crippen LogP) is 0.964. The second-order valence-corrected chi connectivity index (χ2v) is 5.91. The Hall–Kier alpha value is -1.70. The topological polar surface area (TPSA) is 95.6 Å². The van der Waals surface area contributed by atoms with E-state index in [1.54, 1.807) is 19.6 Å². The van der Waals surface area contributed by atoms with Gasteiger partial charge in [0.2, 0.25) is 5.95 Å². The Morgan fingerprint density at radius 2 is 2.26 bits per heavy atom. The molecule has 0 saturated carbocycles. The van der Waals surface area contributed by atoms with E-state index in [-0.39, 0.29) is 6.04 Å². The number of imidazole rings is 1. The summed E-state index contributed by atoms with van der Waals surface area (Å²) in [4.78, 5) is 15.8. The molecule has 0 aromatic carbocycles. The third-order valence-electron chi connectivity index (χ3n) is 2.73. The van der Waals surface area contributed by atoms with E-state index in [2.05, 4.69) is 30.6 Å². The first-order valence-corrected chi connectivity index (χ1v) is 7.78.